The van der Waals surface area contributed by atoms with Crippen molar-refractivity contribution in [1.29, 1.82) is 0 Å². The Kier molecular flexibility index (Phi) is 5.46. The van der Waals surface area contributed by atoms with Crippen LogP contribution in [-0.4, -0.2) is 41.9 Å². The number of nitrogens with zero attached hydrogens (tertiary/aromatic N) is 3. The quantitative estimate of drug-likeness (QED) is 0.558. The van der Waals surface area contributed by atoms with Gasteiger partial charge in [0.1, 0.15) is 5.69 Å². The van der Waals surface area contributed by atoms with Gasteiger partial charge in [-0.3, -0.25) is 14.9 Å². The molecule has 6 nitrogen and oxygen atoms in total. The molecule has 1 saturated heterocycles. The van der Waals surface area contributed by atoms with Crippen LogP contribution >= 0.6 is 11.6 Å². The van der Waals surface area contributed by atoms with Crippen molar-refractivity contribution in [2.45, 2.75) is 6.18 Å². The van der Waals surface area contributed by atoms with Gasteiger partial charge in [-0.25, -0.2) is 0 Å². The summed E-state index contributed by atoms with van der Waals surface area (Å²) < 4.78 is 39.5. The second-order valence-corrected chi connectivity index (χ2v) is 6.65. The van der Waals surface area contributed by atoms with Crippen molar-refractivity contribution in [2.24, 2.45) is 0 Å². The summed E-state index contributed by atoms with van der Waals surface area (Å²) in [7, 11) is 0. The Labute approximate surface area is 163 Å². The number of nitro benzene ring substituents is 1. The largest absolute Gasteiger partial charge is 0.417 e. The van der Waals surface area contributed by atoms with E-state index in [1.54, 1.807) is 4.90 Å². The third-order valence-corrected chi connectivity index (χ3v) is 4.74. The van der Waals surface area contributed by atoms with E-state index in [0.717, 1.165) is 12.1 Å². The fraction of sp³-hybridized carbons (Fsp3) is 0.278. The van der Waals surface area contributed by atoms with Crippen LogP contribution < -0.4 is 4.90 Å². The number of nitro groups is 1. The highest BCUT2D eigenvalue weighted by Gasteiger charge is 2.36. The fourth-order valence-electron chi connectivity index (χ4n) is 3.15. The molecule has 28 heavy (non-hydrogen) atoms. The molecular formula is C18H15ClF3N3O3. The van der Waals surface area contributed by atoms with Crippen molar-refractivity contribution in [3.8, 4) is 0 Å². The Morgan fingerprint density at radius 1 is 1.07 bits per heavy atom. The average molecular weight is 414 g/mol. The number of carbonyl (C=O) groups is 1. The maximum absolute atomic E-state index is 13.2. The molecule has 148 valence electrons. The number of anilines is 1. The number of alkyl halides is 3. The van der Waals surface area contributed by atoms with Gasteiger partial charge in [0.2, 0.25) is 0 Å². The highest BCUT2D eigenvalue weighted by atomic mass is 35.5. The van der Waals surface area contributed by atoms with Crippen LogP contribution in [0.5, 0.6) is 0 Å². The number of benzene rings is 2. The molecule has 0 spiro atoms. The molecule has 0 aromatic heterocycles. The molecule has 0 atom stereocenters. The number of amides is 1. The van der Waals surface area contributed by atoms with Crippen molar-refractivity contribution < 1.29 is 22.9 Å². The molecule has 0 bridgehead atoms. The maximum atomic E-state index is 13.2. The molecule has 2 aromatic carbocycles. The first-order valence-electron chi connectivity index (χ1n) is 8.33. The second kappa shape index (κ2) is 7.67. The van der Waals surface area contributed by atoms with Crippen LogP contribution in [-0.2, 0) is 6.18 Å². The van der Waals surface area contributed by atoms with Crippen LogP contribution in [0.2, 0.25) is 5.02 Å². The van der Waals surface area contributed by atoms with E-state index >= 15 is 0 Å². The molecule has 0 N–H and O–H groups in total. The molecule has 0 radical (unpaired) electrons. The SMILES string of the molecule is O=C(c1ccccc1C(F)(F)F)N1CCN(c2ccc(Cl)cc2[N+](=O)[O-])CC1. The first-order valence-corrected chi connectivity index (χ1v) is 8.70. The zero-order valence-corrected chi connectivity index (χ0v) is 15.2. The topological polar surface area (TPSA) is 66.7 Å². The molecule has 3 rings (SSSR count). The highest BCUT2D eigenvalue weighted by molar-refractivity contribution is 6.30. The summed E-state index contributed by atoms with van der Waals surface area (Å²) in [6, 6.07) is 8.95. The lowest BCUT2D eigenvalue weighted by molar-refractivity contribution is -0.384. The summed E-state index contributed by atoms with van der Waals surface area (Å²) >= 11 is 5.82. The lowest BCUT2D eigenvalue weighted by Gasteiger charge is -2.36. The van der Waals surface area contributed by atoms with Crippen LogP contribution in [0.25, 0.3) is 0 Å². The highest BCUT2D eigenvalue weighted by Crippen LogP contribution is 2.34. The second-order valence-electron chi connectivity index (χ2n) is 6.21. The minimum Gasteiger partial charge on any atom is -0.362 e. The van der Waals surface area contributed by atoms with Crippen LogP contribution in [0.4, 0.5) is 24.5 Å². The van der Waals surface area contributed by atoms with E-state index in [2.05, 4.69) is 0 Å². The molecular weight excluding hydrogens is 399 g/mol. The predicted octanol–water partition coefficient (Wildman–Crippen LogP) is 4.23. The van der Waals surface area contributed by atoms with E-state index in [4.69, 9.17) is 11.6 Å². The van der Waals surface area contributed by atoms with E-state index in [1.165, 1.54) is 35.2 Å². The van der Waals surface area contributed by atoms with Crippen molar-refractivity contribution in [3.63, 3.8) is 0 Å². The maximum Gasteiger partial charge on any atom is 0.417 e. The van der Waals surface area contributed by atoms with Crippen LogP contribution in [0.3, 0.4) is 0 Å². The lowest BCUT2D eigenvalue weighted by Crippen LogP contribution is -2.49. The van der Waals surface area contributed by atoms with Crippen molar-refractivity contribution in [2.75, 3.05) is 31.1 Å². The van der Waals surface area contributed by atoms with Crippen molar-refractivity contribution >= 4 is 28.9 Å². The molecule has 1 aliphatic rings. The number of halogens is 4. The van der Waals surface area contributed by atoms with Crippen LogP contribution in [0.15, 0.2) is 42.5 Å². The molecule has 0 unspecified atom stereocenters. The molecule has 1 amide bonds. The fourth-order valence-corrected chi connectivity index (χ4v) is 3.31. The van der Waals surface area contributed by atoms with E-state index in [9.17, 15) is 28.1 Å². The van der Waals surface area contributed by atoms with E-state index in [0.29, 0.717) is 5.69 Å². The average Bonchev–Trinajstić information content (AvgIpc) is 2.67. The van der Waals surface area contributed by atoms with Gasteiger partial charge in [0.15, 0.2) is 0 Å². The standard InChI is InChI=1S/C18H15ClF3N3O3/c19-12-5-6-15(16(11-12)25(27)28)23-7-9-24(10-8-23)17(26)13-3-1-2-4-14(13)18(20,21)22/h1-6,11H,7-10H2. The lowest BCUT2D eigenvalue weighted by atomic mass is 10.1. The predicted molar refractivity (Wildman–Crippen MR) is 97.7 cm³/mol. The third-order valence-electron chi connectivity index (χ3n) is 4.50. The number of hydrogen-bond donors (Lipinski definition) is 0. The smallest absolute Gasteiger partial charge is 0.362 e. The van der Waals surface area contributed by atoms with Gasteiger partial charge in [0.05, 0.1) is 16.1 Å². The van der Waals surface area contributed by atoms with Gasteiger partial charge in [-0.1, -0.05) is 23.7 Å². The molecule has 1 fully saturated rings. The van der Waals surface area contributed by atoms with Gasteiger partial charge in [-0.2, -0.15) is 13.2 Å². The molecule has 2 aromatic rings. The Bertz CT molecular complexity index is 912. The summed E-state index contributed by atoms with van der Waals surface area (Å²) in [6.07, 6.45) is -4.63. The normalized spacial score (nSPS) is 14.9. The first-order chi connectivity index (χ1) is 13.2. The molecule has 0 aliphatic carbocycles. The summed E-state index contributed by atoms with van der Waals surface area (Å²) in [5, 5.41) is 11.5. The minimum absolute atomic E-state index is 0.144. The Hall–Kier alpha value is -2.81. The Morgan fingerprint density at radius 3 is 2.32 bits per heavy atom. The van der Waals surface area contributed by atoms with Gasteiger partial charge in [0, 0.05) is 37.3 Å². The van der Waals surface area contributed by atoms with Crippen molar-refractivity contribution in [1.82, 2.24) is 4.90 Å². The summed E-state index contributed by atoms with van der Waals surface area (Å²) in [5.41, 5.74) is -1.18. The van der Waals surface area contributed by atoms with E-state index in [-0.39, 0.29) is 36.9 Å². The van der Waals surface area contributed by atoms with Crippen LogP contribution in [0.1, 0.15) is 15.9 Å². The third kappa shape index (κ3) is 4.04. The summed E-state index contributed by atoms with van der Waals surface area (Å²) in [5.74, 6) is -0.710. The number of carbonyl (C=O) groups excluding carboxylic acids is 1. The molecule has 10 heteroatoms. The number of rotatable bonds is 3. The summed E-state index contributed by atoms with van der Waals surface area (Å²) in [4.78, 5) is 26.4. The molecule has 0 saturated carbocycles. The van der Waals surface area contributed by atoms with Gasteiger partial charge >= 0.3 is 6.18 Å². The number of hydrogen-bond acceptors (Lipinski definition) is 4. The minimum atomic E-state index is -4.63. The van der Waals surface area contributed by atoms with Crippen LogP contribution in [0, 0.1) is 10.1 Å². The van der Waals surface area contributed by atoms with Crippen molar-refractivity contribution in [3.05, 3.63) is 68.7 Å². The van der Waals surface area contributed by atoms with Gasteiger partial charge in [-0.05, 0) is 24.3 Å². The van der Waals surface area contributed by atoms with Gasteiger partial charge < -0.3 is 9.80 Å². The zero-order chi connectivity index (χ0) is 20.5. The van der Waals surface area contributed by atoms with Gasteiger partial charge in [-0.15, -0.1) is 0 Å². The van der Waals surface area contributed by atoms with E-state index in [1.807, 2.05) is 0 Å². The first kappa shape index (κ1) is 19.9. The zero-order valence-electron chi connectivity index (χ0n) is 14.4. The number of piperazine rings is 1. The van der Waals surface area contributed by atoms with E-state index < -0.39 is 28.1 Å². The molecule has 1 heterocycles. The van der Waals surface area contributed by atoms with Gasteiger partial charge in [0.25, 0.3) is 11.6 Å². The monoisotopic (exact) mass is 413 g/mol. The molecule has 1 aliphatic heterocycles. The summed E-state index contributed by atoms with van der Waals surface area (Å²) in [6.45, 7) is 0.792. The Balaban J connectivity index is 1.77. The Morgan fingerprint density at radius 2 is 1.71 bits per heavy atom.